The number of carbonyl (C=O) groups excluding carboxylic acids is 2. The molecule has 0 unspecified atom stereocenters. The monoisotopic (exact) mass is 456 g/mol. The molecular formula is C24H28N2O5S. The molecule has 0 aliphatic carbocycles. The Kier molecular flexibility index (Phi) is 9.29. The van der Waals surface area contributed by atoms with Crippen LogP contribution in [0.5, 0.6) is 11.5 Å². The molecule has 32 heavy (non-hydrogen) atoms. The van der Waals surface area contributed by atoms with Crippen LogP contribution in [0.25, 0.3) is 6.08 Å². The average Bonchev–Trinajstić information content (AvgIpc) is 3.05. The third kappa shape index (κ3) is 6.11. The molecular weight excluding hydrogens is 428 g/mol. The van der Waals surface area contributed by atoms with E-state index in [2.05, 4.69) is 12.2 Å². The number of hydrogen-bond acceptors (Lipinski definition) is 7. The second kappa shape index (κ2) is 11.9. The fourth-order valence-electron chi connectivity index (χ4n) is 2.87. The van der Waals surface area contributed by atoms with E-state index in [0.29, 0.717) is 34.2 Å². The zero-order valence-corrected chi connectivity index (χ0v) is 19.9. The normalized spacial score (nSPS) is 10.9. The molecule has 0 saturated heterocycles. The van der Waals surface area contributed by atoms with Gasteiger partial charge >= 0.3 is 5.97 Å². The quantitative estimate of drug-likeness (QED) is 0.226. The highest BCUT2D eigenvalue weighted by Gasteiger charge is 2.23. The first kappa shape index (κ1) is 25.0. The van der Waals surface area contributed by atoms with Gasteiger partial charge in [0.15, 0.2) is 11.5 Å². The van der Waals surface area contributed by atoms with Crippen LogP contribution in [0.4, 0.5) is 5.00 Å². The summed E-state index contributed by atoms with van der Waals surface area (Å²) in [7, 11) is 1.55. The smallest absolute Gasteiger partial charge is 0.341 e. The molecule has 8 heteroatoms. The number of carbonyl (C=O) groups is 2. The van der Waals surface area contributed by atoms with Gasteiger partial charge in [0.25, 0.3) is 5.91 Å². The third-order valence-corrected chi connectivity index (χ3v) is 5.83. The van der Waals surface area contributed by atoms with Crippen molar-refractivity contribution in [2.75, 3.05) is 25.6 Å². The van der Waals surface area contributed by atoms with E-state index in [9.17, 15) is 14.9 Å². The van der Waals surface area contributed by atoms with Crippen LogP contribution < -0.4 is 14.8 Å². The number of hydrogen-bond donors (Lipinski definition) is 1. The number of benzene rings is 1. The van der Waals surface area contributed by atoms with Crippen LogP contribution in [0.3, 0.4) is 0 Å². The van der Waals surface area contributed by atoms with E-state index >= 15 is 0 Å². The number of thiophene rings is 1. The number of anilines is 1. The van der Waals surface area contributed by atoms with Gasteiger partial charge in [-0.05, 0) is 56.5 Å². The third-order valence-electron chi connectivity index (χ3n) is 4.71. The minimum Gasteiger partial charge on any atom is -0.493 e. The van der Waals surface area contributed by atoms with Crippen molar-refractivity contribution < 1.29 is 23.8 Å². The highest BCUT2D eigenvalue weighted by Crippen LogP contribution is 2.34. The van der Waals surface area contributed by atoms with Crippen molar-refractivity contribution in [1.82, 2.24) is 0 Å². The van der Waals surface area contributed by atoms with E-state index < -0.39 is 11.9 Å². The Bertz CT molecular complexity index is 1050. The molecule has 0 bridgehead atoms. The largest absolute Gasteiger partial charge is 0.493 e. The lowest BCUT2D eigenvalue weighted by Gasteiger charge is -2.11. The number of esters is 1. The Morgan fingerprint density at radius 3 is 2.59 bits per heavy atom. The average molecular weight is 457 g/mol. The summed E-state index contributed by atoms with van der Waals surface area (Å²) in [5, 5.41) is 12.6. The van der Waals surface area contributed by atoms with Crippen molar-refractivity contribution >= 4 is 34.3 Å². The second-order valence-corrected chi connectivity index (χ2v) is 8.17. The van der Waals surface area contributed by atoms with Gasteiger partial charge in [-0.15, -0.1) is 11.3 Å². The number of methoxy groups -OCH3 is 1. The van der Waals surface area contributed by atoms with Crippen molar-refractivity contribution in [1.29, 1.82) is 5.26 Å². The van der Waals surface area contributed by atoms with E-state index in [1.54, 1.807) is 39.2 Å². The molecule has 1 heterocycles. The van der Waals surface area contributed by atoms with Crippen molar-refractivity contribution in [3.05, 3.63) is 45.3 Å². The minimum absolute atomic E-state index is 0.104. The summed E-state index contributed by atoms with van der Waals surface area (Å²) in [5.74, 6) is 0.00561. The Labute approximate surface area is 192 Å². The lowest BCUT2D eigenvalue weighted by Crippen LogP contribution is -2.16. The number of ether oxygens (including phenoxy) is 3. The van der Waals surface area contributed by atoms with Gasteiger partial charge in [-0.1, -0.05) is 19.4 Å². The van der Waals surface area contributed by atoms with Crippen LogP contribution in [0.15, 0.2) is 23.8 Å². The van der Waals surface area contributed by atoms with Gasteiger partial charge in [-0.3, -0.25) is 4.79 Å². The Morgan fingerprint density at radius 2 is 1.97 bits per heavy atom. The van der Waals surface area contributed by atoms with Crippen LogP contribution in [-0.4, -0.2) is 32.2 Å². The molecule has 0 saturated carbocycles. The molecule has 0 spiro atoms. The molecule has 0 fully saturated rings. The van der Waals surface area contributed by atoms with Crippen LogP contribution in [0.1, 0.15) is 53.1 Å². The summed E-state index contributed by atoms with van der Waals surface area (Å²) in [6.07, 6.45) is 3.37. The van der Waals surface area contributed by atoms with E-state index in [-0.39, 0.29) is 12.2 Å². The lowest BCUT2D eigenvalue weighted by molar-refractivity contribution is -0.112. The summed E-state index contributed by atoms with van der Waals surface area (Å²) in [6, 6.07) is 7.12. The highest BCUT2D eigenvalue weighted by atomic mass is 32.1. The number of nitrogens with zero attached hydrogens (tertiary/aromatic N) is 1. The van der Waals surface area contributed by atoms with Gasteiger partial charge in [-0.2, -0.15) is 5.26 Å². The Morgan fingerprint density at radius 1 is 1.22 bits per heavy atom. The maximum Gasteiger partial charge on any atom is 0.341 e. The van der Waals surface area contributed by atoms with Gasteiger partial charge < -0.3 is 19.5 Å². The van der Waals surface area contributed by atoms with Crippen molar-refractivity contribution in [3.8, 4) is 17.6 Å². The molecule has 0 aliphatic heterocycles. The second-order valence-electron chi connectivity index (χ2n) is 6.94. The zero-order chi connectivity index (χ0) is 23.7. The molecule has 1 N–H and O–H groups in total. The zero-order valence-electron chi connectivity index (χ0n) is 19.0. The number of amides is 1. The standard InChI is InChI=1S/C24H28N2O5S/c1-6-8-11-31-20-13-17(9-10-19(20)29-5)12-18(14-25)22(27)26-23-21(24(28)30-7-2)15(3)16(4)32-23/h9-10,12-13H,6-8,11H2,1-5H3,(H,26,27)/b18-12+. The van der Waals surface area contributed by atoms with Crippen molar-refractivity contribution in [3.63, 3.8) is 0 Å². The molecule has 7 nitrogen and oxygen atoms in total. The summed E-state index contributed by atoms with van der Waals surface area (Å²) in [4.78, 5) is 26.0. The minimum atomic E-state index is -0.608. The van der Waals surface area contributed by atoms with E-state index in [4.69, 9.17) is 14.2 Å². The summed E-state index contributed by atoms with van der Waals surface area (Å²) < 4.78 is 16.2. The van der Waals surface area contributed by atoms with Crippen LogP contribution >= 0.6 is 11.3 Å². The van der Waals surface area contributed by atoms with Gasteiger partial charge in [0, 0.05) is 4.88 Å². The predicted octanol–water partition coefficient (Wildman–Crippen LogP) is 5.27. The molecule has 0 atom stereocenters. The van der Waals surface area contributed by atoms with Crippen molar-refractivity contribution in [2.24, 2.45) is 0 Å². The van der Waals surface area contributed by atoms with Gasteiger partial charge in [0.1, 0.15) is 16.6 Å². The number of aryl methyl sites for hydroxylation is 1. The lowest BCUT2D eigenvalue weighted by atomic mass is 10.1. The Balaban J connectivity index is 2.31. The molecule has 1 amide bonds. The van der Waals surface area contributed by atoms with Gasteiger partial charge in [0.2, 0.25) is 0 Å². The SMILES string of the molecule is CCCCOc1cc(/C=C(\C#N)C(=O)Nc2sc(C)c(C)c2C(=O)OCC)ccc1OC. The highest BCUT2D eigenvalue weighted by molar-refractivity contribution is 7.16. The number of nitrogens with one attached hydrogen (secondary N) is 1. The fourth-order valence-corrected chi connectivity index (χ4v) is 3.92. The first-order valence-electron chi connectivity index (χ1n) is 10.4. The van der Waals surface area contributed by atoms with Gasteiger partial charge in [0.05, 0.1) is 25.9 Å². The van der Waals surface area contributed by atoms with Crippen LogP contribution in [0, 0.1) is 25.2 Å². The predicted molar refractivity (Wildman–Crippen MR) is 125 cm³/mol. The van der Waals surface area contributed by atoms with E-state index in [1.165, 1.54) is 17.4 Å². The summed E-state index contributed by atoms with van der Waals surface area (Å²) >= 11 is 1.27. The molecule has 1 aromatic heterocycles. The maximum absolute atomic E-state index is 12.8. The molecule has 2 rings (SSSR count). The summed E-state index contributed by atoms with van der Waals surface area (Å²) in [6.45, 7) is 8.21. The molecule has 2 aromatic rings. The first-order valence-corrected chi connectivity index (χ1v) is 11.2. The van der Waals surface area contributed by atoms with E-state index in [0.717, 1.165) is 23.3 Å². The first-order chi connectivity index (χ1) is 15.4. The van der Waals surface area contributed by atoms with Gasteiger partial charge in [-0.25, -0.2) is 4.79 Å². The number of rotatable bonds is 10. The number of nitriles is 1. The molecule has 0 radical (unpaired) electrons. The fraction of sp³-hybridized carbons (Fsp3) is 0.375. The maximum atomic E-state index is 12.8. The topological polar surface area (TPSA) is 97.7 Å². The van der Waals surface area contributed by atoms with Crippen LogP contribution in [-0.2, 0) is 9.53 Å². The molecule has 1 aromatic carbocycles. The Hall–Kier alpha value is -3.31. The summed E-state index contributed by atoms with van der Waals surface area (Å²) in [5.41, 5.74) is 1.58. The van der Waals surface area contributed by atoms with Crippen molar-refractivity contribution in [2.45, 2.75) is 40.5 Å². The number of unbranched alkanes of at least 4 members (excludes halogenated alkanes) is 1. The molecule has 0 aliphatic rings. The van der Waals surface area contributed by atoms with E-state index in [1.807, 2.05) is 13.0 Å². The van der Waals surface area contributed by atoms with Crippen LogP contribution in [0.2, 0.25) is 0 Å². The molecule has 170 valence electrons.